The zero-order valence-electron chi connectivity index (χ0n) is 15.9. The fraction of sp³-hybridized carbons (Fsp3) is 0.217. The molecule has 0 N–H and O–H groups in total. The highest BCUT2D eigenvalue weighted by atomic mass is 32.2. The van der Waals surface area contributed by atoms with Crippen molar-refractivity contribution in [2.75, 3.05) is 6.26 Å². The molecule has 3 aromatic carbocycles. The molecule has 1 atom stereocenters. The largest absolute Gasteiger partial charge is 0.462 e. The zero-order valence-corrected chi connectivity index (χ0v) is 16.7. The van der Waals surface area contributed by atoms with E-state index in [0.717, 1.165) is 39.7 Å². The lowest BCUT2D eigenvalue weighted by Gasteiger charge is -2.32. The lowest BCUT2D eigenvalue weighted by molar-refractivity contribution is -0.0545. The van der Waals surface area contributed by atoms with Crippen LogP contribution in [-0.4, -0.2) is 14.7 Å². The summed E-state index contributed by atoms with van der Waals surface area (Å²) in [5, 5.41) is 2.33. The molecule has 28 heavy (non-hydrogen) atoms. The van der Waals surface area contributed by atoms with Crippen LogP contribution in [0.1, 0.15) is 42.4 Å². The van der Waals surface area contributed by atoms with Gasteiger partial charge in [0.25, 0.3) is 10.1 Å². The average molecular weight is 392 g/mol. The summed E-state index contributed by atoms with van der Waals surface area (Å²) in [6, 6.07) is 20.3. The molecule has 1 aliphatic carbocycles. The Morgan fingerprint density at radius 2 is 1.68 bits per heavy atom. The third-order valence-corrected chi connectivity index (χ3v) is 6.14. The van der Waals surface area contributed by atoms with E-state index in [1.54, 1.807) is 0 Å². The molecule has 142 valence electrons. The maximum atomic E-state index is 11.8. The van der Waals surface area contributed by atoms with Gasteiger partial charge in [0.1, 0.15) is 5.76 Å². The molecular weight excluding hydrogens is 372 g/mol. The van der Waals surface area contributed by atoms with E-state index in [1.807, 2.05) is 36.4 Å². The first kappa shape index (κ1) is 17.5. The van der Waals surface area contributed by atoms with Gasteiger partial charge in [-0.3, -0.25) is 0 Å². The predicted octanol–water partition coefficient (Wildman–Crippen LogP) is 4.90. The van der Waals surface area contributed by atoms with Crippen LogP contribution in [0.15, 0.2) is 66.4 Å². The van der Waals surface area contributed by atoms with Crippen LogP contribution in [-0.2, 0) is 24.5 Å². The minimum absolute atomic E-state index is 0.401. The Balaban J connectivity index is 1.83. The molecule has 4 nitrogen and oxygen atoms in total. The van der Waals surface area contributed by atoms with Crippen molar-refractivity contribution in [2.24, 2.45) is 0 Å². The number of benzene rings is 3. The van der Waals surface area contributed by atoms with Crippen molar-refractivity contribution < 1.29 is 17.3 Å². The highest BCUT2D eigenvalue weighted by Crippen LogP contribution is 2.56. The molecule has 1 aliphatic heterocycles. The average Bonchev–Trinajstić information content (AvgIpc) is 2.88. The molecule has 1 unspecified atom stereocenters. The van der Waals surface area contributed by atoms with E-state index in [1.165, 1.54) is 10.9 Å². The van der Waals surface area contributed by atoms with Crippen LogP contribution in [0.25, 0.3) is 16.3 Å². The van der Waals surface area contributed by atoms with Gasteiger partial charge in [0.2, 0.25) is 6.29 Å². The second kappa shape index (κ2) is 5.69. The van der Waals surface area contributed by atoms with Crippen LogP contribution in [0.2, 0.25) is 0 Å². The summed E-state index contributed by atoms with van der Waals surface area (Å²) < 4.78 is 35.2. The molecule has 2 aliphatic rings. The van der Waals surface area contributed by atoms with Gasteiger partial charge in [-0.05, 0) is 41.3 Å². The van der Waals surface area contributed by atoms with E-state index in [4.69, 9.17) is 8.92 Å². The highest BCUT2D eigenvalue weighted by molar-refractivity contribution is 7.86. The van der Waals surface area contributed by atoms with Crippen LogP contribution >= 0.6 is 0 Å². The first-order valence-electron chi connectivity index (χ1n) is 9.19. The molecular formula is C23H20O4S. The van der Waals surface area contributed by atoms with Crippen LogP contribution < -0.4 is 0 Å². The molecule has 0 saturated carbocycles. The summed E-state index contributed by atoms with van der Waals surface area (Å²) in [6.07, 6.45) is 0.0649. The minimum atomic E-state index is -3.68. The molecule has 3 aromatic rings. The van der Waals surface area contributed by atoms with Crippen molar-refractivity contribution in [1.29, 1.82) is 0 Å². The van der Waals surface area contributed by atoms with E-state index in [0.29, 0.717) is 0 Å². The van der Waals surface area contributed by atoms with Gasteiger partial charge < -0.3 is 4.74 Å². The van der Waals surface area contributed by atoms with Crippen molar-refractivity contribution >= 4 is 26.5 Å². The van der Waals surface area contributed by atoms with Gasteiger partial charge in [-0.2, -0.15) is 8.42 Å². The summed E-state index contributed by atoms with van der Waals surface area (Å²) in [5.74, 6) is 0.756. The van der Waals surface area contributed by atoms with E-state index in [-0.39, 0.29) is 0 Å². The molecule has 0 amide bonds. The third-order valence-electron chi connectivity index (χ3n) is 5.62. The molecule has 5 heteroatoms. The van der Waals surface area contributed by atoms with Crippen LogP contribution in [0.3, 0.4) is 0 Å². The number of rotatable bonds is 2. The topological polar surface area (TPSA) is 52.6 Å². The number of fused-ring (bicyclic) bond motifs is 6. The smallest absolute Gasteiger partial charge is 0.267 e. The quantitative estimate of drug-likeness (QED) is 0.583. The first-order valence-corrected chi connectivity index (χ1v) is 11.0. The Bertz CT molecular complexity index is 1270. The van der Waals surface area contributed by atoms with Gasteiger partial charge in [0.05, 0.1) is 6.26 Å². The summed E-state index contributed by atoms with van der Waals surface area (Å²) >= 11 is 0. The standard InChI is InChI=1S/C23H20O4S/c1-23(2)18-13-12-14-8-4-5-9-15(14)19(18)20-16-10-6-7-11-17(16)22(26-21(20)23)27-28(3,24)25/h4-13,22H,1-3H3. The fourth-order valence-corrected chi connectivity index (χ4v) is 4.86. The maximum Gasteiger partial charge on any atom is 0.267 e. The van der Waals surface area contributed by atoms with E-state index in [9.17, 15) is 8.42 Å². The van der Waals surface area contributed by atoms with E-state index < -0.39 is 21.8 Å². The minimum Gasteiger partial charge on any atom is -0.462 e. The van der Waals surface area contributed by atoms with E-state index >= 15 is 0 Å². The van der Waals surface area contributed by atoms with Gasteiger partial charge in [-0.1, -0.05) is 60.7 Å². The van der Waals surface area contributed by atoms with Crippen LogP contribution in [0, 0.1) is 0 Å². The summed E-state index contributed by atoms with van der Waals surface area (Å²) in [7, 11) is -3.68. The normalized spacial score (nSPS) is 19.8. The lowest BCUT2D eigenvalue weighted by Crippen LogP contribution is -2.25. The van der Waals surface area contributed by atoms with Crippen LogP contribution in [0.5, 0.6) is 0 Å². The zero-order chi connectivity index (χ0) is 19.7. The first-order chi connectivity index (χ1) is 13.3. The number of hydrogen-bond donors (Lipinski definition) is 0. The second-order valence-corrected chi connectivity index (χ2v) is 9.48. The monoisotopic (exact) mass is 392 g/mol. The Morgan fingerprint density at radius 3 is 2.46 bits per heavy atom. The fourth-order valence-electron chi connectivity index (χ4n) is 4.40. The Morgan fingerprint density at radius 1 is 0.964 bits per heavy atom. The second-order valence-electron chi connectivity index (χ2n) is 7.88. The summed E-state index contributed by atoms with van der Waals surface area (Å²) in [5.41, 5.74) is 4.64. The van der Waals surface area contributed by atoms with Crippen molar-refractivity contribution in [3.05, 3.63) is 88.7 Å². The van der Waals surface area contributed by atoms with Gasteiger partial charge in [0, 0.05) is 16.6 Å². The molecule has 0 spiro atoms. The summed E-state index contributed by atoms with van der Waals surface area (Å²) in [4.78, 5) is 0. The van der Waals surface area contributed by atoms with Crippen molar-refractivity contribution in [3.8, 4) is 0 Å². The summed E-state index contributed by atoms with van der Waals surface area (Å²) in [6.45, 7) is 4.21. The van der Waals surface area contributed by atoms with Crippen molar-refractivity contribution in [2.45, 2.75) is 25.6 Å². The van der Waals surface area contributed by atoms with Crippen molar-refractivity contribution in [3.63, 3.8) is 0 Å². The highest BCUT2D eigenvalue weighted by Gasteiger charge is 2.46. The molecule has 1 heterocycles. The van der Waals surface area contributed by atoms with Gasteiger partial charge in [-0.15, -0.1) is 0 Å². The molecule has 0 saturated heterocycles. The molecule has 5 rings (SSSR count). The Labute approximate surface area is 164 Å². The third kappa shape index (κ3) is 2.43. The van der Waals surface area contributed by atoms with Crippen molar-refractivity contribution in [1.82, 2.24) is 0 Å². The molecule has 0 fully saturated rings. The molecule has 0 bridgehead atoms. The lowest BCUT2D eigenvalue weighted by atomic mass is 9.84. The Hall–Kier alpha value is -2.63. The predicted molar refractivity (Wildman–Crippen MR) is 109 cm³/mol. The SMILES string of the molecule is CC1(C)C2=C(c3ccccc3C(OS(C)(=O)=O)O2)c2c1ccc1ccccc21. The number of hydrogen-bond acceptors (Lipinski definition) is 4. The molecule has 0 aromatic heterocycles. The van der Waals surface area contributed by atoms with E-state index in [2.05, 4.69) is 38.1 Å². The van der Waals surface area contributed by atoms with Gasteiger partial charge in [0.15, 0.2) is 0 Å². The number of allylic oxidation sites excluding steroid dienone is 1. The number of ether oxygens (including phenoxy) is 1. The molecule has 0 radical (unpaired) electrons. The van der Waals surface area contributed by atoms with Gasteiger partial charge >= 0.3 is 0 Å². The Kier molecular flexibility index (Phi) is 3.55. The van der Waals surface area contributed by atoms with Gasteiger partial charge in [-0.25, -0.2) is 4.18 Å². The maximum absolute atomic E-state index is 11.8. The van der Waals surface area contributed by atoms with Crippen LogP contribution in [0.4, 0.5) is 0 Å².